The van der Waals surface area contributed by atoms with Gasteiger partial charge in [0.2, 0.25) is 0 Å². The van der Waals surface area contributed by atoms with Crippen LogP contribution in [0.5, 0.6) is 0 Å². The van der Waals surface area contributed by atoms with E-state index < -0.39 is 23.4 Å². The normalized spacial score (nSPS) is 25.2. The number of nitrogens with zero attached hydrogens (tertiary/aromatic N) is 1. The van der Waals surface area contributed by atoms with Crippen LogP contribution in [-0.4, -0.2) is 55.0 Å². The largest absolute Gasteiger partial charge is 0.481 e. The van der Waals surface area contributed by atoms with E-state index in [1.165, 1.54) is 11.1 Å². The Bertz CT molecular complexity index is 936. The maximum atomic E-state index is 12.9. The molecule has 1 spiro atoms. The van der Waals surface area contributed by atoms with Gasteiger partial charge in [0.05, 0.1) is 12.5 Å². The molecule has 2 aromatic rings. The van der Waals surface area contributed by atoms with E-state index in [0.717, 1.165) is 24.0 Å². The number of aliphatic carboxylic acids is 1. The summed E-state index contributed by atoms with van der Waals surface area (Å²) < 4.78 is 11.3. The molecule has 0 saturated carbocycles. The van der Waals surface area contributed by atoms with Gasteiger partial charge in [0.1, 0.15) is 6.61 Å². The van der Waals surface area contributed by atoms with Crippen molar-refractivity contribution in [1.82, 2.24) is 4.90 Å². The lowest BCUT2D eigenvalue weighted by atomic mass is 9.74. The van der Waals surface area contributed by atoms with Crippen molar-refractivity contribution in [2.45, 2.75) is 18.8 Å². The van der Waals surface area contributed by atoms with Crippen LogP contribution in [0.25, 0.3) is 11.1 Å². The lowest BCUT2D eigenvalue weighted by molar-refractivity contribution is -0.148. The van der Waals surface area contributed by atoms with E-state index in [-0.39, 0.29) is 19.1 Å². The maximum absolute atomic E-state index is 12.9. The minimum absolute atomic E-state index is 0.00815. The van der Waals surface area contributed by atoms with E-state index in [2.05, 4.69) is 24.3 Å². The molecule has 0 radical (unpaired) electrons. The van der Waals surface area contributed by atoms with Crippen molar-refractivity contribution in [3.8, 4) is 11.1 Å². The van der Waals surface area contributed by atoms with Gasteiger partial charge in [0, 0.05) is 31.0 Å². The number of carboxylic acid groups (broad SMARTS) is 1. The Morgan fingerprint density at radius 3 is 2.37 bits per heavy atom. The number of carbonyl (C=O) groups excluding carboxylic acids is 1. The third-order valence-electron chi connectivity index (χ3n) is 6.89. The van der Waals surface area contributed by atoms with Crippen molar-refractivity contribution < 1.29 is 24.2 Å². The number of carboxylic acids is 1. The molecule has 5 rings (SSSR count). The first-order chi connectivity index (χ1) is 14.6. The number of carbonyl (C=O) groups is 2. The molecule has 0 bridgehead atoms. The minimum Gasteiger partial charge on any atom is -0.481 e. The summed E-state index contributed by atoms with van der Waals surface area (Å²) in [7, 11) is 0. The second-order valence-electron chi connectivity index (χ2n) is 8.59. The highest BCUT2D eigenvalue weighted by Gasteiger charge is 2.52. The van der Waals surface area contributed by atoms with E-state index in [1.54, 1.807) is 4.90 Å². The summed E-state index contributed by atoms with van der Waals surface area (Å²) in [4.78, 5) is 26.3. The van der Waals surface area contributed by atoms with E-state index in [1.807, 2.05) is 24.3 Å². The van der Waals surface area contributed by atoms with E-state index in [9.17, 15) is 14.7 Å². The van der Waals surface area contributed by atoms with Crippen LogP contribution < -0.4 is 0 Å². The third kappa shape index (κ3) is 3.06. The highest BCUT2D eigenvalue weighted by Crippen LogP contribution is 2.45. The Morgan fingerprint density at radius 2 is 1.77 bits per heavy atom. The molecule has 2 saturated heterocycles. The molecule has 30 heavy (non-hydrogen) atoms. The van der Waals surface area contributed by atoms with Gasteiger partial charge < -0.3 is 19.5 Å². The number of fused-ring (bicyclic) bond motifs is 3. The Labute approximate surface area is 175 Å². The number of benzene rings is 2. The lowest BCUT2D eigenvalue weighted by Gasteiger charge is -2.35. The molecule has 2 aliphatic heterocycles. The molecule has 0 aromatic heterocycles. The van der Waals surface area contributed by atoms with Gasteiger partial charge >= 0.3 is 12.1 Å². The van der Waals surface area contributed by atoms with Crippen molar-refractivity contribution >= 4 is 12.1 Å². The molecule has 1 aliphatic carbocycles. The molecule has 2 atom stereocenters. The molecular formula is C24H25NO5. The first-order valence-electron chi connectivity index (χ1n) is 10.5. The van der Waals surface area contributed by atoms with Crippen molar-refractivity contribution in [2.24, 2.45) is 11.3 Å². The van der Waals surface area contributed by atoms with Gasteiger partial charge in [-0.3, -0.25) is 4.79 Å². The molecule has 3 aliphatic rings. The van der Waals surface area contributed by atoms with Crippen LogP contribution in [0.3, 0.4) is 0 Å². The number of likely N-dealkylation sites (tertiary alicyclic amines) is 1. The van der Waals surface area contributed by atoms with E-state index >= 15 is 0 Å². The van der Waals surface area contributed by atoms with Gasteiger partial charge in [-0.25, -0.2) is 4.79 Å². The van der Waals surface area contributed by atoms with Gasteiger partial charge in [-0.05, 0) is 35.1 Å². The third-order valence-corrected chi connectivity index (χ3v) is 6.89. The Morgan fingerprint density at radius 1 is 1.10 bits per heavy atom. The lowest BCUT2D eigenvalue weighted by Crippen LogP contribution is -2.42. The summed E-state index contributed by atoms with van der Waals surface area (Å²) >= 11 is 0. The molecule has 2 fully saturated rings. The summed E-state index contributed by atoms with van der Waals surface area (Å²) in [6.45, 7) is 1.83. The molecule has 2 heterocycles. The van der Waals surface area contributed by atoms with Crippen molar-refractivity contribution in [3.05, 3.63) is 59.7 Å². The second-order valence-corrected chi connectivity index (χ2v) is 8.59. The number of rotatable bonds is 3. The number of hydrogen-bond acceptors (Lipinski definition) is 4. The van der Waals surface area contributed by atoms with Crippen LogP contribution >= 0.6 is 0 Å². The average Bonchev–Trinajstić information content (AvgIpc) is 3.29. The maximum Gasteiger partial charge on any atom is 0.409 e. The Hall–Kier alpha value is -2.86. The van der Waals surface area contributed by atoms with Crippen LogP contribution in [0.2, 0.25) is 0 Å². The van der Waals surface area contributed by atoms with Crippen LogP contribution in [0, 0.1) is 11.3 Å². The van der Waals surface area contributed by atoms with Crippen LogP contribution in [-0.2, 0) is 14.3 Å². The van der Waals surface area contributed by atoms with Crippen LogP contribution in [0.15, 0.2) is 48.5 Å². The minimum atomic E-state index is -0.866. The molecule has 1 N–H and O–H groups in total. The average molecular weight is 407 g/mol. The highest BCUT2D eigenvalue weighted by atomic mass is 16.6. The first kappa shape index (κ1) is 19.1. The van der Waals surface area contributed by atoms with Gasteiger partial charge in [0.25, 0.3) is 0 Å². The van der Waals surface area contributed by atoms with Crippen LogP contribution in [0.4, 0.5) is 4.79 Å². The van der Waals surface area contributed by atoms with Crippen molar-refractivity contribution in [3.63, 3.8) is 0 Å². The fraction of sp³-hybridized carbons (Fsp3) is 0.417. The topological polar surface area (TPSA) is 76.1 Å². The van der Waals surface area contributed by atoms with Crippen LogP contribution in [0.1, 0.15) is 29.9 Å². The standard InChI is InChI=1S/C24H25NO5/c26-22(27)21-12-25(14-24(21)10-5-11-29-15-24)23(28)30-13-20-18-8-3-1-6-16(18)17-7-2-4-9-19(17)20/h1-4,6-9,20-21H,5,10-15H2,(H,26,27). The molecule has 2 unspecified atom stereocenters. The monoisotopic (exact) mass is 407 g/mol. The zero-order valence-corrected chi connectivity index (χ0v) is 16.8. The smallest absolute Gasteiger partial charge is 0.409 e. The summed E-state index contributed by atoms with van der Waals surface area (Å²) in [5.41, 5.74) is 4.18. The quantitative estimate of drug-likeness (QED) is 0.839. The second kappa shape index (κ2) is 7.43. The molecule has 6 nitrogen and oxygen atoms in total. The molecule has 6 heteroatoms. The van der Waals surface area contributed by atoms with Crippen molar-refractivity contribution in [1.29, 1.82) is 0 Å². The summed E-state index contributed by atoms with van der Waals surface area (Å²) in [6.07, 6.45) is 1.14. The number of ether oxygens (including phenoxy) is 2. The zero-order chi connectivity index (χ0) is 20.7. The summed E-state index contributed by atoms with van der Waals surface area (Å²) in [6, 6.07) is 16.4. The van der Waals surface area contributed by atoms with Gasteiger partial charge in [-0.15, -0.1) is 0 Å². The van der Waals surface area contributed by atoms with Gasteiger partial charge in [-0.2, -0.15) is 0 Å². The predicted molar refractivity (Wildman–Crippen MR) is 110 cm³/mol. The number of hydrogen-bond donors (Lipinski definition) is 1. The fourth-order valence-electron chi connectivity index (χ4n) is 5.41. The molecule has 1 amide bonds. The van der Waals surface area contributed by atoms with E-state index in [4.69, 9.17) is 9.47 Å². The number of amides is 1. The van der Waals surface area contributed by atoms with E-state index in [0.29, 0.717) is 19.8 Å². The van der Waals surface area contributed by atoms with Gasteiger partial charge in [-0.1, -0.05) is 48.5 Å². The Kier molecular flexibility index (Phi) is 4.74. The summed E-state index contributed by atoms with van der Waals surface area (Å²) in [5.74, 6) is -1.49. The zero-order valence-electron chi connectivity index (χ0n) is 16.8. The highest BCUT2D eigenvalue weighted by molar-refractivity contribution is 5.79. The SMILES string of the molecule is O=C(O)C1CN(C(=O)OCC2c3ccccc3-c3ccccc32)CC12CCCOC2. The first-order valence-corrected chi connectivity index (χ1v) is 10.5. The molecular weight excluding hydrogens is 382 g/mol. The summed E-state index contributed by atoms with van der Waals surface area (Å²) in [5, 5.41) is 9.72. The van der Waals surface area contributed by atoms with Crippen molar-refractivity contribution in [2.75, 3.05) is 32.9 Å². The Balaban J connectivity index is 1.32. The predicted octanol–water partition coefficient (Wildman–Crippen LogP) is 3.75. The fourth-order valence-corrected chi connectivity index (χ4v) is 5.41. The molecule has 2 aromatic carbocycles. The molecule has 156 valence electrons. The van der Waals surface area contributed by atoms with Gasteiger partial charge in [0.15, 0.2) is 0 Å².